The Bertz CT molecular complexity index is 574. The van der Waals surface area contributed by atoms with Crippen LogP contribution in [0.25, 0.3) is 6.08 Å². The molecule has 0 heterocycles. The standard InChI is InChI=1S/C16H17F3O4/c1-3-22-14(20)10-12(15(21)23-4-2)9-11-5-7-13(8-6-11)16(17,18)19/h5-9H,3-4,10H2,1-2H3/b12-9+. The minimum Gasteiger partial charge on any atom is -0.466 e. The Hall–Kier alpha value is -2.31. The molecule has 0 radical (unpaired) electrons. The smallest absolute Gasteiger partial charge is 0.416 e. The summed E-state index contributed by atoms with van der Waals surface area (Å²) in [5, 5.41) is 0. The van der Waals surface area contributed by atoms with E-state index in [0.29, 0.717) is 5.56 Å². The van der Waals surface area contributed by atoms with E-state index in [0.717, 1.165) is 12.1 Å². The lowest BCUT2D eigenvalue weighted by molar-refractivity contribution is -0.145. The van der Waals surface area contributed by atoms with Crippen LogP contribution in [0.5, 0.6) is 0 Å². The molecule has 1 rings (SSSR count). The lowest BCUT2D eigenvalue weighted by Gasteiger charge is -2.08. The summed E-state index contributed by atoms with van der Waals surface area (Å²) in [6.07, 6.45) is -3.43. The molecule has 1 aromatic rings. The van der Waals surface area contributed by atoms with Crippen LogP contribution in [0.3, 0.4) is 0 Å². The summed E-state index contributed by atoms with van der Waals surface area (Å²) in [5.41, 5.74) is -0.423. The van der Waals surface area contributed by atoms with Crippen molar-refractivity contribution in [2.24, 2.45) is 0 Å². The predicted octanol–water partition coefficient (Wildman–Crippen LogP) is 3.61. The molecule has 1 aromatic carbocycles. The van der Waals surface area contributed by atoms with Gasteiger partial charge in [-0.25, -0.2) is 4.79 Å². The Balaban J connectivity index is 3.02. The highest BCUT2D eigenvalue weighted by Crippen LogP contribution is 2.29. The molecule has 0 unspecified atom stereocenters. The van der Waals surface area contributed by atoms with E-state index < -0.39 is 23.7 Å². The number of esters is 2. The van der Waals surface area contributed by atoms with Gasteiger partial charge < -0.3 is 9.47 Å². The molecule has 0 atom stereocenters. The van der Waals surface area contributed by atoms with Gasteiger partial charge in [-0.3, -0.25) is 4.79 Å². The largest absolute Gasteiger partial charge is 0.466 e. The lowest BCUT2D eigenvalue weighted by Crippen LogP contribution is -2.13. The van der Waals surface area contributed by atoms with Gasteiger partial charge in [0.05, 0.1) is 25.2 Å². The van der Waals surface area contributed by atoms with Crippen molar-refractivity contribution in [3.05, 3.63) is 41.0 Å². The Morgan fingerprint density at radius 1 is 1.04 bits per heavy atom. The van der Waals surface area contributed by atoms with Gasteiger partial charge in [0, 0.05) is 5.57 Å². The Morgan fingerprint density at radius 2 is 1.61 bits per heavy atom. The fraction of sp³-hybridized carbons (Fsp3) is 0.375. The second kappa shape index (κ2) is 8.36. The summed E-state index contributed by atoms with van der Waals surface area (Å²) in [6.45, 7) is 3.51. The quantitative estimate of drug-likeness (QED) is 0.591. The summed E-state index contributed by atoms with van der Waals surface area (Å²) in [6, 6.07) is 4.23. The van der Waals surface area contributed by atoms with Crippen LogP contribution < -0.4 is 0 Å². The molecule has 0 spiro atoms. The second-order valence-corrected chi connectivity index (χ2v) is 4.49. The third-order valence-corrected chi connectivity index (χ3v) is 2.76. The second-order valence-electron chi connectivity index (χ2n) is 4.49. The zero-order valence-electron chi connectivity index (χ0n) is 12.8. The summed E-state index contributed by atoms with van der Waals surface area (Å²) >= 11 is 0. The van der Waals surface area contributed by atoms with E-state index in [1.165, 1.54) is 18.2 Å². The van der Waals surface area contributed by atoms with Crippen LogP contribution in [0.4, 0.5) is 13.2 Å². The van der Waals surface area contributed by atoms with Gasteiger partial charge in [0.1, 0.15) is 0 Å². The first-order valence-electron chi connectivity index (χ1n) is 6.98. The zero-order chi connectivity index (χ0) is 17.5. The predicted molar refractivity (Wildman–Crippen MR) is 77.3 cm³/mol. The van der Waals surface area contributed by atoms with Crippen molar-refractivity contribution in [3.8, 4) is 0 Å². The molecule has 126 valence electrons. The van der Waals surface area contributed by atoms with E-state index in [-0.39, 0.29) is 25.2 Å². The van der Waals surface area contributed by atoms with E-state index in [9.17, 15) is 22.8 Å². The topological polar surface area (TPSA) is 52.6 Å². The van der Waals surface area contributed by atoms with Gasteiger partial charge >= 0.3 is 18.1 Å². The van der Waals surface area contributed by atoms with Crippen molar-refractivity contribution in [3.63, 3.8) is 0 Å². The molecular formula is C16H17F3O4. The van der Waals surface area contributed by atoms with E-state index in [2.05, 4.69) is 0 Å². The van der Waals surface area contributed by atoms with E-state index in [1.807, 2.05) is 0 Å². The highest BCUT2D eigenvalue weighted by Gasteiger charge is 2.29. The first-order valence-corrected chi connectivity index (χ1v) is 6.98. The van der Waals surface area contributed by atoms with E-state index in [4.69, 9.17) is 9.47 Å². The number of hydrogen-bond acceptors (Lipinski definition) is 4. The maximum Gasteiger partial charge on any atom is 0.416 e. The molecular weight excluding hydrogens is 313 g/mol. The summed E-state index contributed by atoms with van der Waals surface area (Å²) in [5.74, 6) is -1.32. The highest BCUT2D eigenvalue weighted by molar-refractivity contribution is 5.98. The average molecular weight is 330 g/mol. The van der Waals surface area contributed by atoms with Gasteiger partial charge in [0.25, 0.3) is 0 Å². The minimum atomic E-state index is -4.43. The number of ether oxygens (including phenoxy) is 2. The fourth-order valence-electron chi connectivity index (χ4n) is 1.74. The third kappa shape index (κ3) is 6.14. The molecule has 0 aromatic heterocycles. The van der Waals surface area contributed by atoms with Crippen LogP contribution in [0, 0.1) is 0 Å². The van der Waals surface area contributed by atoms with Gasteiger partial charge in [-0.05, 0) is 37.6 Å². The number of alkyl halides is 3. The summed E-state index contributed by atoms with van der Waals surface area (Å²) < 4.78 is 47.2. The van der Waals surface area contributed by atoms with Crippen LogP contribution in [-0.2, 0) is 25.2 Å². The van der Waals surface area contributed by atoms with Crippen LogP contribution in [0.2, 0.25) is 0 Å². The molecule has 0 saturated carbocycles. The maximum atomic E-state index is 12.5. The first-order chi connectivity index (χ1) is 10.8. The lowest BCUT2D eigenvalue weighted by atomic mass is 10.1. The monoisotopic (exact) mass is 330 g/mol. The molecule has 23 heavy (non-hydrogen) atoms. The van der Waals surface area contributed by atoms with Crippen molar-refractivity contribution < 1.29 is 32.2 Å². The third-order valence-electron chi connectivity index (χ3n) is 2.76. The van der Waals surface area contributed by atoms with Gasteiger partial charge in [0.2, 0.25) is 0 Å². The number of halogens is 3. The van der Waals surface area contributed by atoms with Crippen LogP contribution >= 0.6 is 0 Å². The fourth-order valence-corrected chi connectivity index (χ4v) is 1.74. The van der Waals surface area contributed by atoms with Crippen LogP contribution in [-0.4, -0.2) is 25.2 Å². The molecule has 0 amide bonds. The Labute approximate surface area is 131 Å². The van der Waals surface area contributed by atoms with E-state index in [1.54, 1.807) is 13.8 Å². The molecule has 4 nitrogen and oxygen atoms in total. The summed E-state index contributed by atoms with van der Waals surface area (Å²) in [4.78, 5) is 23.4. The van der Waals surface area contributed by atoms with Gasteiger partial charge in [-0.1, -0.05) is 12.1 Å². The molecule has 0 saturated heterocycles. The van der Waals surface area contributed by atoms with E-state index >= 15 is 0 Å². The number of carbonyl (C=O) groups excluding carboxylic acids is 2. The van der Waals surface area contributed by atoms with Gasteiger partial charge in [-0.15, -0.1) is 0 Å². The number of benzene rings is 1. The van der Waals surface area contributed by atoms with Gasteiger partial charge in [-0.2, -0.15) is 13.2 Å². The summed E-state index contributed by atoms with van der Waals surface area (Å²) in [7, 11) is 0. The molecule has 0 N–H and O–H groups in total. The molecule has 7 heteroatoms. The van der Waals surface area contributed by atoms with Crippen LogP contribution in [0.15, 0.2) is 29.8 Å². The van der Waals surface area contributed by atoms with Crippen molar-refractivity contribution in [2.45, 2.75) is 26.4 Å². The SMILES string of the molecule is CCOC(=O)C/C(=C\c1ccc(C(F)(F)F)cc1)C(=O)OCC. The van der Waals surface area contributed by atoms with Crippen LogP contribution in [0.1, 0.15) is 31.4 Å². The number of rotatable bonds is 6. The molecule has 0 aliphatic carbocycles. The first kappa shape index (κ1) is 18.7. The normalized spacial score (nSPS) is 12.0. The minimum absolute atomic E-state index is 0.0186. The highest BCUT2D eigenvalue weighted by atomic mass is 19.4. The molecule has 0 bridgehead atoms. The maximum absolute atomic E-state index is 12.5. The Kier molecular flexibility index (Phi) is 6.81. The van der Waals surface area contributed by atoms with Crippen molar-refractivity contribution in [2.75, 3.05) is 13.2 Å². The molecule has 0 aliphatic heterocycles. The molecule has 0 aliphatic rings. The number of hydrogen-bond donors (Lipinski definition) is 0. The van der Waals surface area contributed by atoms with Crippen molar-refractivity contribution in [1.82, 2.24) is 0 Å². The van der Waals surface area contributed by atoms with Gasteiger partial charge in [0.15, 0.2) is 0 Å². The zero-order valence-corrected chi connectivity index (χ0v) is 12.8. The average Bonchev–Trinajstić information content (AvgIpc) is 2.46. The van der Waals surface area contributed by atoms with Crippen molar-refractivity contribution in [1.29, 1.82) is 0 Å². The number of carbonyl (C=O) groups is 2. The Morgan fingerprint density at radius 3 is 2.09 bits per heavy atom. The van der Waals surface area contributed by atoms with Crippen molar-refractivity contribution >= 4 is 18.0 Å². The molecule has 0 fully saturated rings.